The van der Waals surface area contributed by atoms with Crippen LogP contribution in [-0.4, -0.2) is 86.9 Å². The first-order valence-electron chi connectivity index (χ1n) is 17.4. The maximum atomic E-state index is 14.4. The van der Waals surface area contributed by atoms with Gasteiger partial charge in [0.2, 0.25) is 27.7 Å². The van der Waals surface area contributed by atoms with Crippen LogP contribution in [0.2, 0.25) is 0 Å². The summed E-state index contributed by atoms with van der Waals surface area (Å²) in [6.07, 6.45) is 8.60. The summed E-state index contributed by atoms with van der Waals surface area (Å²) in [4.78, 5) is 70.3. The van der Waals surface area contributed by atoms with E-state index in [1.807, 2.05) is 12.2 Å². The van der Waals surface area contributed by atoms with Gasteiger partial charge in [0, 0.05) is 18.4 Å². The Kier molecular flexibility index (Phi) is 9.52. The number of ether oxygens (including phenoxy) is 1. The molecule has 2 aliphatic heterocycles. The van der Waals surface area contributed by atoms with Crippen LogP contribution in [0, 0.1) is 18.7 Å². The number of nitrogens with zero attached hydrogens (tertiary/aromatic N) is 4. The van der Waals surface area contributed by atoms with Gasteiger partial charge in [0.25, 0.3) is 11.8 Å². The average Bonchev–Trinajstić information content (AvgIpc) is 3.84. The van der Waals surface area contributed by atoms with Crippen molar-refractivity contribution in [1.29, 1.82) is 0 Å². The van der Waals surface area contributed by atoms with Crippen molar-refractivity contribution in [2.45, 2.75) is 100 Å². The number of thiazole rings is 1. The predicted octanol–water partition coefficient (Wildman–Crippen LogP) is 3.07. The molecule has 2 aromatic heterocycles. The van der Waals surface area contributed by atoms with Gasteiger partial charge in [0.15, 0.2) is 0 Å². The molecular formula is C35H40FN7O7S2. The quantitative estimate of drug-likeness (QED) is 0.303. The first-order chi connectivity index (χ1) is 24.8. The number of carbonyl (C=O) groups is 4. The summed E-state index contributed by atoms with van der Waals surface area (Å²) in [6, 6.07) is 1.89. The van der Waals surface area contributed by atoms with Crippen LogP contribution in [0.4, 0.5) is 4.39 Å². The van der Waals surface area contributed by atoms with Crippen LogP contribution in [0.1, 0.15) is 80.1 Å². The molecule has 14 nitrogen and oxygen atoms in total. The molecule has 0 unspecified atom stereocenters. The van der Waals surface area contributed by atoms with Gasteiger partial charge in [-0.3, -0.25) is 28.9 Å². The largest absolute Gasteiger partial charge is 0.471 e. The van der Waals surface area contributed by atoms with Crippen LogP contribution >= 0.6 is 11.3 Å². The summed E-state index contributed by atoms with van der Waals surface area (Å²) < 4.78 is 47.7. The highest BCUT2D eigenvalue weighted by Gasteiger charge is 2.63. The summed E-state index contributed by atoms with van der Waals surface area (Å²) in [5, 5.41) is 5.69. The monoisotopic (exact) mass is 753 g/mol. The van der Waals surface area contributed by atoms with E-state index in [0.29, 0.717) is 48.2 Å². The van der Waals surface area contributed by atoms with Crippen molar-refractivity contribution in [3.8, 4) is 5.88 Å². The Bertz CT molecular complexity index is 2060. The number of allylic oxidation sites excluding steroid dienone is 1. The third-order valence-corrected chi connectivity index (χ3v) is 13.4. The molecule has 52 heavy (non-hydrogen) atoms. The first-order valence-corrected chi connectivity index (χ1v) is 19.8. The number of aryl methyl sites for hydroxylation is 1. The highest BCUT2D eigenvalue weighted by atomic mass is 32.2. The van der Waals surface area contributed by atoms with Gasteiger partial charge in [-0.15, -0.1) is 11.3 Å². The van der Waals surface area contributed by atoms with E-state index in [4.69, 9.17) is 4.74 Å². The Labute approximate surface area is 304 Å². The number of carbonyl (C=O) groups excluding carboxylic acids is 4. The molecule has 4 aliphatic rings. The fourth-order valence-corrected chi connectivity index (χ4v) is 8.71. The average molecular weight is 754 g/mol. The van der Waals surface area contributed by atoms with E-state index in [1.54, 1.807) is 13.8 Å². The number of nitrogens with one attached hydrogen (secondary N) is 3. The molecule has 5 atom stereocenters. The molecular weight excluding hydrogens is 714 g/mol. The zero-order valence-electron chi connectivity index (χ0n) is 28.8. The molecule has 4 heterocycles. The highest BCUT2D eigenvalue weighted by Crippen LogP contribution is 2.47. The number of halogens is 1. The minimum Gasteiger partial charge on any atom is -0.471 e. The second-order valence-electron chi connectivity index (χ2n) is 14.3. The number of hydrogen-bond acceptors (Lipinski definition) is 11. The molecule has 1 saturated heterocycles. The van der Waals surface area contributed by atoms with Crippen molar-refractivity contribution in [1.82, 2.24) is 35.2 Å². The van der Waals surface area contributed by atoms with Crippen LogP contribution in [0.5, 0.6) is 5.88 Å². The Balaban J connectivity index is 1.19. The SMILES string of the molecule is Cc1nc2ccc(F)cc2nc1O[C@@H]1C[C@H]2C(=O)N[C@]3(C(=O)NS(=O)(=O)C4(C)CC4)C[C@H]3/C=C\CCCCC[C@H](NC(=O)c3cncs3)C(=O)N2C1. The van der Waals surface area contributed by atoms with E-state index in [9.17, 15) is 32.0 Å². The number of fused-ring (bicyclic) bond motifs is 3. The van der Waals surface area contributed by atoms with E-state index in [1.165, 1.54) is 34.8 Å². The van der Waals surface area contributed by atoms with Crippen LogP contribution in [0.3, 0.4) is 0 Å². The van der Waals surface area contributed by atoms with Crippen molar-refractivity contribution in [2.24, 2.45) is 5.92 Å². The normalized spacial score (nSPS) is 28.0. The Morgan fingerprint density at radius 1 is 1.13 bits per heavy atom. The predicted molar refractivity (Wildman–Crippen MR) is 188 cm³/mol. The van der Waals surface area contributed by atoms with Gasteiger partial charge in [0.1, 0.15) is 40.1 Å². The number of rotatable bonds is 7. The van der Waals surface area contributed by atoms with E-state index >= 15 is 0 Å². The maximum absolute atomic E-state index is 14.4. The van der Waals surface area contributed by atoms with Crippen molar-refractivity contribution >= 4 is 56.0 Å². The number of benzene rings is 1. The Morgan fingerprint density at radius 3 is 2.69 bits per heavy atom. The minimum atomic E-state index is -4.00. The van der Waals surface area contributed by atoms with Crippen LogP contribution in [0.25, 0.3) is 11.0 Å². The van der Waals surface area contributed by atoms with Crippen LogP contribution < -0.4 is 20.1 Å². The fraction of sp³-hybridized carbons (Fsp3) is 0.514. The molecule has 2 saturated carbocycles. The van der Waals surface area contributed by atoms with Crippen LogP contribution in [-0.2, 0) is 24.4 Å². The second kappa shape index (κ2) is 13.8. The van der Waals surface area contributed by atoms with E-state index < -0.39 is 73.9 Å². The lowest BCUT2D eigenvalue weighted by Crippen LogP contribution is -2.58. The summed E-state index contributed by atoms with van der Waals surface area (Å²) in [6.45, 7) is 3.19. The second-order valence-corrected chi connectivity index (χ2v) is 17.4. The lowest BCUT2D eigenvalue weighted by molar-refractivity contribution is -0.141. The number of amides is 4. The summed E-state index contributed by atoms with van der Waals surface area (Å²) >= 11 is 1.13. The van der Waals surface area contributed by atoms with E-state index in [0.717, 1.165) is 24.2 Å². The van der Waals surface area contributed by atoms with Gasteiger partial charge < -0.3 is 20.3 Å². The molecule has 3 aromatic rings. The van der Waals surface area contributed by atoms with E-state index in [2.05, 4.69) is 30.3 Å². The Hall–Kier alpha value is -4.51. The van der Waals surface area contributed by atoms with Gasteiger partial charge in [-0.05, 0) is 64.5 Å². The number of sulfonamides is 1. The van der Waals surface area contributed by atoms with Gasteiger partial charge in [-0.1, -0.05) is 25.0 Å². The zero-order chi connectivity index (χ0) is 36.8. The molecule has 7 rings (SSSR count). The molecule has 0 bridgehead atoms. The van der Waals surface area contributed by atoms with Crippen LogP contribution in [0.15, 0.2) is 42.1 Å². The third-order valence-electron chi connectivity index (χ3n) is 10.5. The minimum absolute atomic E-state index is 0.00995. The van der Waals surface area contributed by atoms with Gasteiger partial charge in [0.05, 0.1) is 34.0 Å². The third kappa shape index (κ3) is 7.12. The molecule has 0 radical (unpaired) electrons. The summed E-state index contributed by atoms with van der Waals surface area (Å²) in [7, 11) is -4.00. The summed E-state index contributed by atoms with van der Waals surface area (Å²) in [5.41, 5.74) is 1.13. The lowest BCUT2D eigenvalue weighted by atomic mass is 10.0. The highest BCUT2D eigenvalue weighted by molar-refractivity contribution is 7.91. The molecule has 1 aromatic carbocycles. The smallest absolute Gasteiger partial charge is 0.263 e. The van der Waals surface area contributed by atoms with Gasteiger partial charge in [-0.2, -0.15) is 0 Å². The molecule has 276 valence electrons. The summed E-state index contributed by atoms with van der Waals surface area (Å²) in [5.74, 6) is -3.30. The van der Waals surface area contributed by atoms with Crippen molar-refractivity contribution in [3.05, 3.63) is 58.4 Å². The first kappa shape index (κ1) is 35.9. The standard InChI is InChI=1S/C35H40FN7O7S2/c1-20-31(40-26-14-22(36)10-11-24(26)38-20)50-23-15-27-29(44)41-35(33(47)42-52(48,49)34(2)12-13-34)16-21(35)8-6-4-3-5-7-9-25(32(46)43(27)18-23)39-30(45)28-17-37-19-51-28/h6,8,10-11,14,17,19,21,23,25,27H,3-5,7,9,12-13,15-16,18H2,1-2H3,(H,39,45)(H,41,44)(H,42,47)/b8-6-/t21-,23-,25+,27+,35-/m1/s1. The molecule has 3 fully saturated rings. The van der Waals surface area contributed by atoms with Gasteiger partial charge >= 0.3 is 0 Å². The molecule has 0 spiro atoms. The van der Waals surface area contributed by atoms with Crippen molar-refractivity contribution in [2.75, 3.05) is 6.54 Å². The van der Waals surface area contributed by atoms with E-state index in [-0.39, 0.29) is 30.8 Å². The van der Waals surface area contributed by atoms with Crippen molar-refractivity contribution in [3.63, 3.8) is 0 Å². The fourth-order valence-electron chi connectivity index (χ4n) is 6.87. The zero-order valence-corrected chi connectivity index (χ0v) is 30.4. The Morgan fingerprint density at radius 2 is 1.94 bits per heavy atom. The van der Waals surface area contributed by atoms with Gasteiger partial charge in [-0.25, -0.2) is 22.8 Å². The maximum Gasteiger partial charge on any atom is 0.263 e. The molecule has 4 amide bonds. The topological polar surface area (TPSA) is 190 Å². The van der Waals surface area contributed by atoms with Crippen molar-refractivity contribution < 1.29 is 36.7 Å². The molecule has 2 aliphatic carbocycles. The number of aromatic nitrogens is 3. The lowest BCUT2D eigenvalue weighted by Gasteiger charge is -2.30. The molecule has 17 heteroatoms. The number of hydrogen-bond donors (Lipinski definition) is 3. The molecule has 3 N–H and O–H groups in total.